The molecule has 2 saturated carbocycles. The Bertz CT molecular complexity index is 2240. The molecule has 2 aromatic carbocycles. The van der Waals surface area contributed by atoms with Gasteiger partial charge in [0.2, 0.25) is 5.91 Å². The zero-order valence-electron chi connectivity index (χ0n) is 34.4. The predicted octanol–water partition coefficient (Wildman–Crippen LogP) is 5.88. The van der Waals surface area contributed by atoms with Crippen molar-refractivity contribution < 1.29 is 50.5 Å². The van der Waals surface area contributed by atoms with E-state index in [2.05, 4.69) is 5.32 Å². The highest BCUT2D eigenvalue weighted by Gasteiger charge is 2.34. The number of hydrogen-bond acceptors (Lipinski definition) is 7. The third-order valence-corrected chi connectivity index (χ3v) is 12.4. The van der Waals surface area contributed by atoms with Crippen molar-refractivity contribution in [2.45, 2.75) is 76.8 Å². The molecule has 0 radical (unpaired) electrons. The first-order chi connectivity index (χ1) is 28.9. The van der Waals surface area contributed by atoms with E-state index >= 15 is 0 Å². The van der Waals surface area contributed by atoms with Crippen LogP contribution in [0.15, 0.2) is 46.0 Å². The second-order valence-electron chi connectivity index (χ2n) is 16.4. The van der Waals surface area contributed by atoms with Gasteiger partial charge >= 0.3 is 29.7 Å². The van der Waals surface area contributed by atoms with E-state index in [1.54, 1.807) is 7.05 Å². The van der Waals surface area contributed by atoms with Gasteiger partial charge in [-0.2, -0.15) is 26.3 Å². The minimum atomic E-state index is -4.47. The molecule has 4 fully saturated rings. The predicted molar refractivity (Wildman–Crippen MR) is 214 cm³/mol. The van der Waals surface area contributed by atoms with Crippen molar-refractivity contribution in [2.75, 3.05) is 52.6 Å². The van der Waals surface area contributed by atoms with Crippen LogP contribution in [0, 0.1) is 23.7 Å². The zero-order chi connectivity index (χ0) is 44.1. The largest absolute Gasteiger partial charge is 0.481 e. The van der Waals surface area contributed by atoms with Crippen LogP contribution in [-0.2, 0) is 58.6 Å². The van der Waals surface area contributed by atoms with Crippen molar-refractivity contribution >= 4 is 33.9 Å². The van der Waals surface area contributed by atoms with Crippen LogP contribution in [0.4, 0.5) is 26.3 Å². The molecule has 0 unspecified atom stereocenters. The number of rotatable bonds is 6. The Morgan fingerprint density at radius 3 is 1.41 bits per heavy atom. The third-order valence-electron chi connectivity index (χ3n) is 12.4. The Morgan fingerprint density at radius 2 is 1.05 bits per heavy atom. The van der Waals surface area contributed by atoms with Gasteiger partial charge in [-0.3, -0.25) is 27.9 Å². The lowest BCUT2D eigenvalue weighted by Crippen LogP contribution is -2.44. The summed E-state index contributed by atoms with van der Waals surface area (Å²) in [5, 5.41) is 12.2. The second-order valence-corrected chi connectivity index (χ2v) is 16.4. The molecular weight excluding hydrogens is 814 g/mol. The molecule has 0 bridgehead atoms. The summed E-state index contributed by atoms with van der Waals surface area (Å²) in [6.07, 6.45) is -3.50. The number of carboxylic acids is 1. The van der Waals surface area contributed by atoms with Gasteiger partial charge in [-0.15, -0.1) is 0 Å². The molecule has 2 aliphatic heterocycles. The normalized spacial score (nSPS) is 22.6. The average molecular weight is 869 g/mol. The maximum Gasteiger partial charge on any atom is 0.416 e. The number of nitrogens with one attached hydrogen (secondary N) is 1. The average Bonchev–Trinajstić information content (AvgIpc) is 3.64. The standard InChI is InChI=1S/C21H26F3N3O3.C17H19F3N2O3.C4H9NO/c1-25-17-7-6-16(21(22,23)24)12-18(17)27(20(25)29)13-14-2-4-15(5-3-14)19(28)26-8-10-30-11-9-26;1-21-13-7-6-12(17(18,19)20)8-14(13)22(16(21)25)9-10-2-4-11(5-3-10)15(23)24;1-3-6-4-2-5-1/h6-7,12,14-15H,2-5,8-11,13H2,1H3;6-8,10-11H,2-5,9H2,1H3,(H,23,24);5H,1-4H2. The summed E-state index contributed by atoms with van der Waals surface area (Å²) in [5.41, 5.74) is -0.679. The summed E-state index contributed by atoms with van der Waals surface area (Å²) in [7, 11) is 3.11. The first-order valence-electron chi connectivity index (χ1n) is 20.8. The number of aryl methyl sites for hydroxylation is 2. The van der Waals surface area contributed by atoms with Crippen LogP contribution in [-0.4, -0.2) is 92.8 Å². The van der Waals surface area contributed by atoms with E-state index in [0.717, 1.165) is 76.3 Å². The summed E-state index contributed by atoms with van der Waals surface area (Å²) >= 11 is 0. The van der Waals surface area contributed by atoms with Crippen molar-refractivity contribution in [3.8, 4) is 0 Å². The molecule has 2 saturated heterocycles. The number of carbonyl (C=O) groups is 2. The van der Waals surface area contributed by atoms with Crippen LogP contribution in [0.25, 0.3) is 22.1 Å². The van der Waals surface area contributed by atoms with E-state index in [-0.39, 0.29) is 46.5 Å². The van der Waals surface area contributed by atoms with Crippen LogP contribution in [0.5, 0.6) is 0 Å². The summed E-state index contributed by atoms with van der Waals surface area (Å²) in [6.45, 7) is 6.92. The van der Waals surface area contributed by atoms with E-state index in [0.29, 0.717) is 81.6 Å². The first kappa shape index (κ1) is 45.9. The SMILES string of the molecule is C1COCCN1.Cn1c(=O)n(CC2CCC(C(=O)N3CCOCC3)CC2)c2cc(C(F)(F)F)ccc21.Cn1c(=O)n(CC2CCC(C(=O)O)CC2)c2cc(C(F)(F)F)ccc21. The van der Waals surface area contributed by atoms with E-state index in [1.807, 2.05) is 4.90 Å². The lowest BCUT2D eigenvalue weighted by atomic mass is 9.81. The highest BCUT2D eigenvalue weighted by atomic mass is 19.4. The first-order valence-corrected chi connectivity index (χ1v) is 20.8. The minimum Gasteiger partial charge on any atom is -0.481 e. The van der Waals surface area contributed by atoms with Crippen molar-refractivity contribution in [1.82, 2.24) is 28.5 Å². The molecular formula is C42H54F6N6O7. The molecule has 4 heterocycles. The molecule has 0 atom stereocenters. The van der Waals surface area contributed by atoms with Gasteiger partial charge in [0.25, 0.3) is 0 Å². The summed E-state index contributed by atoms with van der Waals surface area (Å²) in [4.78, 5) is 50.7. The lowest BCUT2D eigenvalue weighted by molar-refractivity contribution is -0.143. The molecule has 61 heavy (non-hydrogen) atoms. The number of amides is 1. The number of benzene rings is 2. The summed E-state index contributed by atoms with van der Waals surface area (Å²) in [6, 6.07) is 6.73. The smallest absolute Gasteiger partial charge is 0.416 e. The second kappa shape index (κ2) is 19.6. The Hall–Kier alpha value is -4.62. The summed E-state index contributed by atoms with van der Waals surface area (Å²) in [5.74, 6) is -0.757. The molecule has 2 aliphatic carbocycles. The van der Waals surface area contributed by atoms with Crippen LogP contribution < -0.4 is 16.7 Å². The van der Waals surface area contributed by atoms with Gasteiger partial charge in [-0.05, 0) is 99.6 Å². The molecule has 4 aliphatic rings. The molecule has 2 aromatic heterocycles. The van der Waals surface area contributed by atoms with E-state index in [1.165, 1.54) is 37.4 Å². The monoisotopic (exact) mass is 868 g/mol. The highest BCUT2D eigenvalue weighted by molar-refractivity contribution is 5.79. The summed E-state index contributed by atoms with van der Waals surface area (Å²) < 4.78 is 94.3. The number of hydrogen-bond donors (Lipinski definition) is 2. The number of aromatic nitrogens is 4. The number of carbonyl (C=O) groups excluding carboxylic acids is 1. The fourth-order valence-corrected chi connectivity index (χ4v) is 8.78. The molecule has 4 aromatic rings. The van der Waals surface area contributed by atoms with Gasteiger partial charge in [0.1, 0.15) is 0 Å². The fourth-order valence-electron chi connectivity index (χ4n) is 8.78. The third kappa shape index (κ3) is 11.1. The highest BCUT2D eigenvalue weighted by Crippen LogP contribution is 2.35. The topological polar surface area (TPSA) is 142 Å². The number of fused-ring (bicyclic) bond motifs is 2. The van der Waals surface area contributed by atoms with E-state index in [9.17, 15) is 45.5 Å². The van der Waals surface area contributed by atoms with Crippen molar-refractivity contribution in [3.05, 3.63) is 68.5 Å². The maximum absolute atomic E-state index is 13.1. The van der Waals surface area contributed by atoms with Gasteiger partial charge in [0, 0.05) is 59.3 Å². The molecule has 19 heteroatoms. The quantitative estimate of drug-likeness (QED) is 0.229. The number of alkyl halides is 6. The van der Waals surface area contributed by atoms with Crippen molar-refractivity contribution in [2.24, 2.45) is 37.8 Å². The number of morpholine rings is 2. The number of imidazole rings is 2. The molecule has 8 rings (SSSR count). The van der Waals surface area contributed by atoms with Gasteiger partial charge in [-0.25, -0.2) is 9.59 Å². The van der Waals surface area contributed by atoms with Gasteiger partial charge < -0.3 is 24.8 Å². The molecule has 336 valence electrons. The fraction of sp³-hybridized carbons (Fsp3) is 0.619. The van der Waals surface area contributed by atoms with Crippen LogP contribution >= 0.6 is 0 Å². The zero-order valence-corrected chi connectivity index (χ0v) is 34.4. The molecule has 13 nitrogen and oxygen atoms in total. The Morgan fingerprint density at radius 1 is 0.639 bits per heavy atom. The van der Waals surface area contributed by atoms with E-state index < -0.39 is 29.4 Å². The van der Waals surface area contributed by atoms with Crippen LogP contribution in [0.2, 0.25) is 0 Å². The van der Waals surface area contributed by atoms with Crippen molar-refractivity contribution in [1.29, 1.82) is 0 Å². The Labute approximate surface area is 348 Å². The number of carboxylic acid groups (broad SMARTS) is 1. The van der Waals surface area contributed by atoms with Crippen molar-refractivity contribution in [3.63, 3.8) is 0 Å². The number of halogens is 6. The van der Waals surface area contributed by atoms with Gasteiger partial charge in [0.05, 0.1) is 65.5 Å². The number of nitrogens with zero attached hydrogens (tertiary/aromatic N) is 5. The Balaban J connectivity index is 0.000000181. The number of ether oxygens (including phenoxy) is 2. The van der Waals surface area contributed by atoms with Gasteiger partial charge in [-0.1, -0.05) is 0 Å². The lowest BCUT2D eigenvalue weighted by Gasteiger charge is -2.34. The van der Waals surface area contributed by atoms with Crippen LogP contribution in [0.3, 0.4) is 0 Å². The Kier molecular flexibility index (Phi) is 14.8. The van der Waals surface area contributed by atoms with Crippen LogP contribution in [0.1, 0.15) is 62.5 Å². The molecule has 0 spiro atoms. The van der Waals surface area contributed by atoms with E-state index in [4.69, 9.17) is 14.6 Å². The van der Waals surface area contributed by atoms with Gasteiger partial charge in [0.15, 0.2) is 0 Å². The minimum absolute atomic E-state index is 0.0135. The molecule has 2 N–H and O–H groups in total. The maximum atomic E-state index is 13.1. The number of aliphatic carboxylic acids is 1. The molecule has 1 amide bonds.